The number of nitrogen functional groups attached to an aromatic ring is 1. The second-order valence-electron chi connectivity index (χ2n) is 5.20. The van der Waals surface area contributed by atoms with Crippen LogP contribution in [0.4, 0.5) is 11.4 Å². The monoisotopic (exact) mass is 314 g/mol. The molecule has 3 N–H and O–H groups in total. The fraction of sp³-hybridized carbons (Fsp3) is 0.571. The van der Waals surface area contributed by atoms with E-state index in [0.29, 0.717) is 17.0 Å². The van der Waals surface area contributed by atoms with Crippen LogP contribution in [-0.2, 0) is 9.84 Å². The lowest BCUT2D eigenvalue weighted by Gasteiger charge is -2.22. The first-order valence-electron chi connectivity index (χ1n) is 6.89. The summed E-state index contributed by atoms with van der Waals surface area (Å²) in [4.78, 5) is 0.270. The number of thioether (sulfide) groups is 1. The van der Waals surface area contributed by atoms with Gasteiger partial charge in [0.1, 0.15) is 0 Å². The highest BCUT2D eigenvalue weighted by molar-refractivity contribution is 7.99. The molecule has 1 aliphatic carbocycles. The molecule has 4 nitrogen and oxygen atoms in total. The Hall–Kier alpha value is -0.880. The van der Waals surface area contributed by atoms with Crippen LogP contribution in [0.5, 0.6) is 0 Å². The van der Waals surface area contributed by atoms with Crippen molar-refractivity contribution in [2.24, 2.45) is 0 Å². The Labute approximate surface area is 125 Å². The molecular weight excluding hydrogens is 292 g/mol. The Balaban J connectivity index is 2.14. The van der Waals surface area contributed by atoms with E-state index in [2.05, 4.69) is 12.2 Å². The van der Waals surface area contributed by atoms with Gasteiger partial charge < -0.3 is 11.1 Å². The van der Waals surface area contributed by atoms with Crippen LogP contribution in [0.3, 0.4) is 0 Å². The molecule has 1 saturated carbocycles. The predicted octanol–water partition coefficient (Wildman–Crippen LogP) is 2.76. The van der Waals surface area contributed by atoms with Gasteiger partial charge in [0, 0.05) is 17.5 Å². The number of rotatable bonds is 5. The maximum Gasteiger partial charge on any atom is 0.175 e. The molecule has 112 valence electrons. The van der Waals surface area contributed by atoms with E-state index in [1.807, 2.05) is 11.8 Å². The highest BCUT2D eigenvalue weighted by Crippen LogP contribution is 2.33. The Morgan fingerprint density at radius 3 is 2.75 bits per heavy atom. The Morgan fingerprint density at radius 2 is 2.15 bits per heavy atom. The first kappa shape index (κ1) is 15.5. The van der Waals surface area contributed by atoms with Crippen LogP contribution in [0.15, 0.2) is 23.1 Å². The zero-order valence-corrected chi connectivity index (χ0v) is 13.6. The minimum absolute atomic E-state index is 0.270. The number of hydrogen-bond donors (Lipinski definition) is 2. The van der Waals surface area contributed by atoms with Crippen molar-refractivity contribution in [3.05, 3.63) is 18.2 Å². The molecule has 1 aliphatic rings. The summed E-state index contributed by atoms with van der Waals surface area (Å²) in [6, 6.07) is 5.35. The number of benzene rings is 1. The van der Waals surface area contributed by atoms with Gasteiger partial charge >= 0.3 is 0 Å². The molecule has 1 aromatic rings. The number of sulfone groups is 1. The molecule has 0 saturated heterocycles. The summed E-state index contributed by atoms with van der Waals surface area (Å²) in [5, 5.41) is 4.10. The zero-order valence-electron chi connectivity index (χ0n) is 11.9. The van der Waals surface area contributed by atoms with Crippen LogP contribution in [0.2, 0.25) is 0 Å². The van der Waals surface area contributed by atoms with Gasteiger partial charge in [-0.1, -0.05) is 13.3 Å². The largest absolute Gasteiger partial charge is 0.397 e. The third kappa shape index (κ3) is 3.61. The highest BCUT2D eigenvalue weighted by Gasteiger charge is 2.27. The molecule has 0 heterocycles. The van der Waals surface area contributed by atoms with Crippen LogP contribution in [0, 0.1) is 0 Å². The summed E-state index contributed by atoms with van der Waals surface area (Å²) in [7, 11) is -3.20. The molecule has 0 amide bonds. The van der Waals surface area contributed by atoms with E-state index in [1.54, 1.807) is 12.1 Å². The molecule has 0 aromatic heterocycles. The quantitative estimate of drug-likeness (QED) is 0.818. The second kappa shape index (κ2) is 6.26. The van der Waals surface area contributed by atoms with E-state index in [4.69, 9.17) is 5.73 Å². The number of hydrogen-bond acceptors (Lipinski definition) is 5. The molecule has 2 rings (SSSR count). The van der Waals surface area contributed by atoms with Crippen molar-refractivity contribution in [1.82, 2.24) is 0 Å². The summed E-state index contributed by atoms with van der Waals surface area (Å²) in [5.74, 6) is 1.12. The molecule has 6 heteroatoms. The van der Waals surface area contributed by atoms with Gasteiger partial charge in [0.05, 0.1) is 16.3 Å². The van der Waals surface area contributed by atoms with Crippen molar-refractivity contribution in [1.29, 1.82) is 0 Å². The lowest BCUT2D eigenvalue weighted by atomic mass is 10.2. The van der Waals surface area contributed by atoms with Gasteiger partial charge in [-0.3, -0.25) is 0 Å². The minimum Gasteiger partial charge on any atom is -0.397 e. The first-order valence-corrected chi connectivity index (χ1v) is 9.83. The van der Waals surface area contributed by atoms with Gasteiger partial charge in [-0.2, -0.15) is 11.8 Å². The van der Waals surface area contributed by atoms with Gasteiger partial charge in [-0.25, -0.2) is 8.42 Å². The van der Waals surface area contributed by atoms with Crippen molar-refractivity contribution in [2.45, 2.75) is 42.4 Å². The molecular formula is C14H22N2O2S2. The maximum absolute atomic E-state index is 11.5. The molecule has 0 aliphatic heterocycles. The molecule has 1 aromatic carbocycles. The van der Waals surface area contributed by atoms with E-state index in [9.17, 15) is 8.42 Å². The lowest BCUT2D eigenvalue weighted by molar-refractivity contribution is 0.602. The fourth-order valence-corrected chi connectivity index (χ4v) is 4.46. The summed E-state index contributed by atoms with van der Waals surface area (Å²) >= 11 is 1.98. The molecule has 20 heavy (non-hydrogen) atoms. The lowest BCUT2D eigenvalue weighted by Crippen LogP contribution is -2.26. The van der Waals surface area contributed by atoms with Gasteiger partial charge in [0.2, 0.25) is 0 Å². The third-order valence-corrected chi connectivity index (χ3v) is 6.06. The van der Waals surface area contributed by atoms with E-state index in [0.717, 1.165) is 17.9 Å². The highest BCUT2D eigenvalue weighted by atomic mass is 32.2. The smallest absolute Gasteiger partial charge is 0.175 e. The van der Waals surface area contributed by atoms with E-state index in [1.165, 1.54) is 25.2 Å². The number of anilines is 2. The number of nitrogens with two attached hydrogens (primary N) is 1. The summed E-state index contributed by atoms with van der Waals surface area (Å²) < 4.78 is 23.0. The van der Waals surface area contributed by atoms with Crippen LogP contribution < -0.4 is 11.1 Å². The number of nitrogens with one attached hydrogen (secondary N) is 1. The molecule has 1 fully saturated rings. The van der Waals surface area contributed by atoms with Crippen LogP contribution in [-0.4, -0.2) is 31.7 Å². The average molecular weight is 314 g/mol. The molecule has 0 bridgehead atoms. The molecule has 0 radical (unpaired) electrons. The predicted molar refractivity (Wildman–Crippen MR) is 87.1 cm³/mol. The summed E-state index contributed by atoms with van der Waals surface area (Å²) in [6.45, 7) is 2.18. The van der Waals surface area contributed by atoms with Crippen LogP contribution >= 0.6 is 11.8 Å². The first-order chi connectivity index (χ1) is 9.41. The Morgan fingerprint density at radius 1 is 1.40 bits per heavy atom. The normalized spacial score (nSPS) is 22.9. The van der Waals surface area contributed by atoms with Gasteiger partial charge in [-0.05, 0) is 36.8 Å². The second-order valence-corrected chi connectivity index (χ2v) is 8.73. The minimum atomic E-state index is -3.20. The zero-order chi connectivity index (χ0) is 14.8. The van der Waals surface area contributed by atoms with Gasteiger partial charge in [0.15, 0.2) is 9.84 Å². The van der Waals surface area contributed by atoms with Crippen molar-refractivity contribution >= 4 is 33.0 Å². The van der Waals surface area contributed by atoms with E-state index < -0.39 is 9.84 Å². The van der Waals surface area contributed by atoms with Crippen molar-refractivity contribution < 1.29 is 8.42 Å². The van der Waals surface area contributed by atoms with Crippen LogP contribution in [0.1, 0.15) is 26.2 Å². The van der Waals surface area contributed by atoms with E-state index in [-0.39, 0.29) is 4.90 Å². The van der Waals surface area contributed by atoms with Crippen LogP contribution in [0.25, 0.3) is 0 Å². The topological polar surface area (TPSA) is 72.2 Å². The Bertz CT molecular complexity index is 573. The molecule has 0 spiro atoms. The molecule has 2 unspecified atom stereocenters. The standard InChI is InChI=1S/C14H22N2O2S2/c1-3-19-14-6-4-5-13(14)16-12-8-7-10(9-11(12)15)20(2,17)18/h7-9,13-14,16H,3-6,15H2,1-2H3. The molecule has 2 atom stereocenters. The van der Waals surface area contributed by atoms with Crippen molar-refractivity contribution in [2.75, 3.05) is 23.1 Å². The maximum atomic E-state index is 11.5. The van der Waals surface area contributed by atoms with E-state index >= 15 is 0 Å². The van der Waals surface area contributed by atoms with Crippen molar-refractivity contribution in [3.63, 3.8) is 0 Å². The summed E-state index contributed by atoms with van der Waals surface area (Å²) in [6.07, 6.45) is 4.80. The van der Waals surface area contributed by atoms with Gasteiger partial charge in [0.25, 0.3) is 0 Å². The third-order valence-electron chi connectivity index (χ3n) is 3.63. The SMILES string of the molecule is CCSC1CCCC1Nc1ccc(S(C)(=O)=O)cc1N. The summed E-state index contributed by atoms with van der Waals surface area (Å²) in [5.41, 5.74) is 7.32. The fourth-order valence-electron chi connectivity index (χ4n) is 2.61. The average Bonchev–Trinajstić information content (AvgIpc) is 2.78. The van der Waals surface area contributed by atoms with Gasteiger partial charge in [-0.15, -0.1) is 0 Å². The van der Waals surface area contributed by atoms with Crippen molar-refractivity contribution in [3.8, 4) is 0 Å². The Kier molecular flexibility index (Phi) is 4.86.